The Morgan fingerprint density at radius 1 is 1.43 bits per heavy atom. The van der Waals surface area contributed by atoms with Crippen LogP contribution in [0.5, 0.6) is 0 Å². The maximum absolute atomic E-state index is 12.0. The van der Waals surface area contributed by atoms with Gasteiger partial charge in [0.2, 0.25) is 5.91 Å². The third kappa shape index (κ3) is 5.66. The highest BCUT2D eigenvalue weighted by molar-refractivity contribution is 6.34. The second-order valence-electron chi connectivity index (χ2n) is 5.37. The SMILES string of the molecule is CN(C)C(=O)c1cc(NC(=O)CC2COCCN2)ccc1Cl.Cl. The van der Waals surface area contributed by atoms with Crippen LogP contribution in [0.25, 0.3) is 0 Å². The van der Waals surface area contributed by atoms with E-state index in [-0.39, 0.29) is 30.3 Å². The monoisotopic (exact) mass is 361 g/mol. The molecule has 1 fully saturated rings. The summed E-state index contributed by atoms with van der Waals surface area (Å²) in [5, 5.41) is 6.37. The molecule has 1 saturated heterocycles. The molecule has 0 spiro atoms. The van der Waals surface area contributed by atoms with E-state index in [0.717, 1.165) is 6.54 Å². The van der Waals surface area contributed by atoms with E-state index in [1.807, 2.05) is 0 Å². The Balaban J connectivity index is 0.00000264. The van der Waals surface area contributed by atoms with Crippen molar-refractivity contribution in [3.8, 4) is 0 Å². The predicted octanol–water partition coefficient (Wildman–Crippen LogP) is 1.78. The Hall–Kier alpha value is -1.34. The van der Waals surface area contributed by atoms with Crippen LogP contribution < -0.4 is 10.6 Å². The van der Waals surface area contributed by atoms with Crippen molar-refractivity contribution < 1.29 is 14.3 Å². The molecule has 2 N–H and O–H groups in total. The number of nitrogens with zero attached hydrogens (tertiary/aromatic N) is 1. The summed E-state index contributed by atoms with van der Waals surface area (Å²) in [6.45, 7) is 1.95. The number of anilines is 1. The molecule has 1 heterocycles. The van der Waals surface area contributed by atoms with Crippen molar-refractivity contribution in [3.05, 3.63) is 28.8 Å². The number of hydrogen-bond acceptors (Lipinski definition) is 4. The van der Waals surface area contributed by atoms with E-state index < -0.39 is 0 Å². The number of nitrogens with one attached hydrogen (secondary N) is 2. The maximum atomic E-state index is 12.0. The van der Waals surface area contributed by atoms with Gasteiger partial charge in [0.25, 0.3) is 5.91 Å². The summed E-state index contributed by atoms with van der Waals surface area (Å²) in [7, 11) is 3.30. The number of amides is 2. The van der Waals surface area contributed by atoms with Gasteiger partial charge in [-0.05, 0) is 18.2 Å². The molecule has 23 heavy (non-hydrogen) atoms. The van der Waals surface area contributed by atoms with Crippen molar-refractivity contribution in [2.75, 3.05) is 39.2 Å². The van der Waals surface area contributed by atoms with E-state index in [4.69, 9.17) is 16.3 Å². The molecule has 0 aromatic heterocycles. The van der Waals surface area contributed by atoms with Gasteiger partial charge in [0.05, 0.1) is 23.8 Å². The zero-order chi connectivity index (χ0) is 16.1. The fourth-order valence-electron chi connectivity index (χ4n) is 2.19. The summed E-state index contributed by atoms with van der Waals surface area (Å²) in [6, 6.07) is 4.89. The van der Waals surface area contributed by atoms with Crippen molar-refractivity contribution >= 4 is 41.5 Å². The molecule has 1 aromatic rings. The maximum Gasteiger partial charge on any atom is 0.254 e. The van der Waals surface area contributed by atoms with Gasteiger partial charge < -0.3 is 20.3 Å². The normalized spacial score (nSPS) is 17.1. The van der Waals surface area contributed by atoms with Crippen LogP contribution in [0.2, 0.25) is 5.02 Å². The molecule has 0 saturated carbocycles. The molecule has 6 nitrogen and oxygen atoms in total. The first-order chi connectivity index (χ1) is 10.5. The zero-order valence-electron chi connectivity index (χ0n) is 13.1. The van der Waals surface area contributed by atoms with E-state index in [2.05, 4.69) is 10.6 Å². The summed E-state index contributed by atoms with van der Waals surface area (Å²) in [5.41, 5.74) is 0.917. The van der Waals surface area contributed by atoms with Gasteiger partial charge in [0, 0.05) is 38.8 Å². The molecular formula is C15H21Cl2N3O3. The lowest BCUT2D eigenvalue weighted by molar-refractivity contribution is -0.117. The van der Waals surface area contributed by atoms with Crippen LogP contribution in [-0.2, 0) is 9.53 Å². The van der Waals surface area contributed by atoms with E-state index in [9.17, 15) is 9.59 Å². The van der Waals surface area contributed by atoms with Gasteiger partial charge >= 0.3 is 0 Å². The van der Waals surface area contributed by atoms with Crippen LogP contribution in [0.3, 0.4) is 0 Å². The number of morpholine rings is 1. The highest BCUT2D eigenvalue weighted by Crippen LogP contribution is 2.22. The van der Waals surface area contributed by atoms with Crippen LogP contribution in [0, 0.1) is 0 Å². The predicted molar refractivity (Wildman–Crippen MR) is 92.6 cm³/mol. The molecule has 1 atom stereocenters. The number of benzene rings is 1. The molecule has 2 rings (SSSR count). The first-order valence-corrected chi connectivity index (χ1v) is 7.47. The minimum atomic E-state index is -0.205. The Morgan fingerprint density at radius 2 is 2.17 bits per heavy atom. The minimum Gasteiger partial charge on any atom is -0.378 e. The average molecular weight is 362 g/mol. The summed E-state index contributed by atoms with van der Waals surface area (Å²) in [6.07, 6.45) is 0.319. The third-order valence-corrected chi connectivity index (χ3v) is 3.65. The molecule has 0 aliphatic carbocycles. The standard InChI is InChI=1S/C15H20ClN3O3.ClH/c1-19(2)15(21)12-7-10(3-4-13(12)16)18-14(20)8-11-9-22-6-5-17-11;/h3-4,7,11,17H,5-6,8-9H2,1-2H3,(H,18,20);1H. The largest absolute Gasteiger partial charge is 0.378 e. The third-order valence-electron chi connectivity index (χ3n) is 3.32. The Bertz CT molecular complexity index is 561. The molecular weight excluding hydrogens is 341 g/mol. The number of carbonyl (C=O) groups is 2. The van der Waals surface area contributed by atoms with E-state index in [0.29, 0.717) is 35.9 Å². The van der Waals surface area contributed by atoms with Crippen LogP contribution in [-0.4, -0.2) is 56.6 Å². The Morgan fingerprint density at radius 3 is 2.78 bits per heavy atom. The first-order valence-electron chi connectivity index (χ1n) is 7.09. The minimum absolute atomic E-state index is 0. The van der Waals surface area contributed by atoms with Gasteiger partial charge in [-0.3, -0.25) is 9.59 Å². The van der Waals surface area contributed by atoms with Crippen LogP contribution in [0.1, 0.15) is 16.8 Å². The summed E-state index contributed by atoms with van der Waals surface area (Å²) in [5.74, 6) is -0.336. The Kier molecular flexibility index (Phi) is 7.78. The van der Waals surface area contributed by atoms with Crippen LogP contribution in [0.4, 0.5) is 5.69 Å². The Labute approximate surface area is 146 Å². The van der Waals surface area contributed by atoms with Crippen molar-refractivity contribution in [2.24, 2.45) is 0 Å². The summed E-state index contributed by atoms with van der Waals surface area (Å²) >= 11 is 6.04. The van der Waals surface area contributed by atoms with Crippen molar-refractivity contribution in [3.63, 3.8) is 0 Å². The van der Waals surface area contributed by atoms with E-state index in [1.54, 1.807) is 32.3 Å². The molecule has 1 aliphatic rings. The highest BCUT2D eigenvalue weighted by Gasteiger charge is 2.18. The number of hydrogen-bond donors (Lipinski definition) is 2. The van der Waals surface area contributed by atoms with Crippen molar-refractivity contribution in [2.45, 2.75) is 12.5 Å². The lowest BCUT2D eigenvalue weighted by atomic mass is 10.1. The van der Waals surface area contributed by atoms with E-state index >= 15 is 0 Å². The molecule has 1 aromatic carbocycles. The molecule has 0 radical (unpaired) electrons. The fraction of sp³-hybridized carbons (Fsp3) is 0.467. The van der Waals surface area contributed by atoms with Crippen LogP contribution >= 0.6 is 24.0 Å². The molecule has 0 bridgehead atoms. The van der Waals surface area contributed by atoms with Crippen molar-refractivity contribution in [1.82, 2.24) is 10.2 Å². The lowest BCUT2D eigenvalue weighted by Crippen LogP contribution is -2.43. The van der Waals surface area contributed by atoms with Gasteiger partial charge in [0.1, 0.15) is 0 Å². The smallest absolute Gasteiger partial charge is 0.254 e. The molecule has 1 aliphatic heterocycles. The molecule has 128 valence electrons. The highest BCUT2D eigenvalue weighted by atomic mass is 35.5. The first kappa shape index (κ1) is 19.7. The quantitative estimate of drug-likeness (QED) is 0.857. The second kappa shape index (κ2) is 9.08. The number of halogens is 2. The van der Waals surface area contributed by atoms with Gasteiger partial charge in [0.15, 0.2) is 0 Å². The fourth-order valence-corrected chi connectivity index (χ4v) is 2.39. The topological polar surface area (TPSA) is 70.7 Å². The van der Waals surface area contributed by atoms with E-state index in [1.165, 1.54) is 4.90 Å². The lowest BCUT2D eigenvalue weighted by Gasteiger charge is -2.23. The number of carbonyl (C=O) groups excluding carboxylic acids is 2. The number of ether oxygens (including phenoxy) is 1. The van der Waals surface area contributed by atoms with Gasteiger partial charge in [-0.25, -0.2) is 0 Å². The van der Waals surface area contributed by atoms with Crippen LogP contribution in [0.15, 0.2) is 18.2 Å². The summed E-state index contributed by atoms with van der Waals surface area (Å²) < 4.78 is 5.32. The number of rotatable bonds is 4. The average Bonchev–Trinajstić information content (AvgIpc) is 2.49. The molecule has 2 amide bonds. The molecule has 1 unspecified atom stereocenters. The van der Waals surface area contributed by atoms with Gasteiger partial charge in [-0.1, -0.05) is 11.6 Å². The van der Waals surface area contributed by atoms with Gasteiger partial charge in [-0.2, -0.15) is 0 Å². The zero-order valence-corrected chi connectivity index (χ0v) is 14.7. The summed E-state index contributed by atoms with van der Waals surface area (Å²) in [4.78, 5) is 25.5. The van der Waals surface area contributed by atoms with Gasteiger partial charge in [-0.15, -0.1) is 12.4 Å². The van der Waals surface area contributed by atoms with Crippen molar-refractivity contribution in [1.29, 1.82) is 0 Å². The molecule has 8 heteroatoms. The second-order valence-corrected chi connectivity index (χ2v) is 5.78.